The summed E-state index contributed by atoms with van der Waals surface area (Å²) >= 11 is 0. The molecule has 3 rings (SSSR count). The molecule has 0 radical (unpaired) electrons. The first-order valence-electron chi connectivity index (χ1n) is 7.29. The zero-order valence-electron chi connectivity index (χ0n) is 13.2. The normalized spacial score (nSPS) is 13.5. The molecule has 0 bridgehead atoms. The molecule has 2 aromatic carbocycles. The topological polar surface area (TPSA) is 60.4 Å². The van der Waals surface area contributed by atoms with Gasteiger partial charge in [0.2, 0.25) is 0 Å². The van der Waals surface area contributed by atoms with E-state index in [4.69, 9.17) is 4.74 Å². The first-order valence-corrected chi connectivity index (χ1v) is 7.29. The van der Waals surface area contributed by atoms with Crippen LogP contribution in [-0.2, 0) is 4.74 Å². The predicted molar refractivity (Wildman–Crippen MR) is 85.2 cm³/mol. The Morgan fingerprint density at radius 3 is 1.96 bits per heavy atom. The summed E-state index contributed by atoms with van der Waals surface area (Å²) in [5, 5.41) is 0. The van der Waals surface area contributed by atoms with Gasteiger partial charge < -0.3 is 4.74 Å². The fourth-order valence-electron chi connectivity index (χ4n) is 2.68. The van der Waals surface area contributed by atoms with Gasteiger partial charge in [-0.15, -0.1) is 0 Å². The van der Waals surface area contributed by atoms with Crippen LogP contribution in [0.25, 0.3) is 0 Å². The molecule has 0 amide bonds. The highest BCUT2D eigenvalue weighted by Crippen LogP contribution is 2.29. The molecule has 0 atom stereocenters. The van der Waals surface area contributed by atoms with Crippen molar-refractivity contribution in [3.05, 3.63) is 70.3 Å². The van der Waals surface area contributed by atoms with Crippen LogP contribution in [0.3, 0.4) is 0 Å². The van der Waals surface area contributed by atoms with Crippen LogP contribution in [0.4, 0.5) is 0 Å². The van der Waals surface area contributed by atoms with Crippen molar-refractivity contribution in [2.24, 2.45) is 0 Å². The lowest BCUT2D eigenvalue weighted by Gasteiger charge is -2.23. The molecule has 0 aliphatic heterocycles. The standard InChI is InChI=1S/C19H16O4/c1-19(2,23-3)18(22)11-8-9-14-15(10-11)17(21)13-7-5-4-6-12(13)16(14)20/h4-10H,1-3H3. The van der Waals surface area contributed by atoms with Crippen LogP contribution in [0.2, 0.25) is 0 Å². The van der Waals surface area contributed by atoms with E-state index >= 15 is 0 Å². The summed E-state index contributed by atoms with van der Waals surface area (Å²) in [6.45, 7) is 3.33. The molecule has 116 valence electrons. The summed E-state index contributed by atoms with van der Waals surface area (Å²) in [5.41, 5.74) is 0.749. The SMILES string of the molecule is COC(C)(C)C(=O)c1ccc2c(c1)C(=O)c1ccccc1C2=O. The molecule has 0 unspecified atom stereocenters. The second-order valence-corrected chi connectivity index (χ2v) is 6.01. The number of ketones is 3. The van der Waals surface area contributed by atoms with Crippen molar-refractivity contribution in [2.75, 3.05) is 7.11 Å². The van der Waals surface area contributed by atoms with E-state index in [1.807, 2.05) is 0 Å². The molecule has 0 aromatic heterocycles. The number of hydrogen-bond donors (Lipinski definition) is 0. The Labute approximate surface area is 134 Å². The molecule has 0 heterocycles. The van der Waals surface area contributed by atoms with E-state index in [1.165, 1.54) is 13.2 Å². The Bertz CT molecular complexity index is 846. The highest BCUT2D eigenvalue weighted by Gasteiger charge is 2.33. The minimum absolute atomic E-state index is 0.194. The van der Waals surface area contributed by atoms with Gasteiger partial charge in [0, 0.05) is 34.9 Å². The van der Waals surface area contributed by atoms with E-state index in [0.717, 1.165) is 0 Å². The predicted octanol–water partition coefficient (Wildman–Crippen LogP) is 3.07. The maximum absolute atomic E-state index is 12.7. The van der Waals surface area contributed by atoms with Gasteiger partial charge in [0.1, 0.15) is 5.60 Å². The van der Waals surface area contributed by atoms with Crippen LogP contribution in [0.1, 0.15) is 56.0 Å². The van der Waals surface area contributed by atoms with Gasteiger partial charge in [0.05, 0.1) is 0 Å². The van der Waals surface area contributed by atoms with Crippen molar-refractivity contribution in [3.63, 3.8) is 0 Å². The van der Waals surface area contributed by atoms with Gasteiger partial charge in [0.25, 0.3) is 0 Å². The van der Waals surface area contributed by atoms with E-state index < -0.39 is 5.60 Å². The maximum atomic E-state index is 12.7. The number of fused-ring (bicyclic) bond motifs is 2. The Kier molecular flexibility index (Phi) is 3.49. The zero-order chi connectivity index (χ0) is 16.8. The summed E-state index contributed by atoms with van der Waals surface area (Å²) in [6, 6.07) is 11.3. The van der Waals surface area contributed by atoms with Crippen LogP contribution in [0, 0.1) is 0 Å². The van der Waals surface area contributed by atoms with E-state index in [9.17, 15) is 14.4 Å². The molecule has 2 aromatic rings. The van der Waals surface area contributed by atoms with Gasteiger partial charge in [0.15, 0.2) is 17.3 Å². The van der Waals surface area contributed by atoms with E-state index in [-0.39, 0.29) is 22.9 Å². The minimum atomic E-state index is -0.992. The van der Waals surface area contributed by atoms with Gasteiger partial charge in [-0.3, -0.25) is 14.4 Å². The maximum Gasteiger partial charge on any atom is 0.194 e. The van der Waals surface area contributed by atoms with Gasteiger partial charge in [-0.1, -0.05) is 30.3 Å². The van der Waals surface area contributed by atoms with Gasteiger partial charge >= 0.3 is 0 Å². The molecular weight excluding hydrogens is 292 g/mol. The summed E-state index contributed by atoms with van der Waals surface area (Å²) in [4.78, 5) is 37.7. The van der Waals surface area contributed by atoms with Crippen molar-refractivity contribution in [1.29, 1.82) is 0 Å². The molecule has 0 saturated carbocycles. The van der Waals surface area contributed by atoms with Crippen LogP contribution in [0.5, 0.6) is 0 Å². The molecule has 0 fully saturated rings. The van der Waals surface area contributed by atoms with Crippen molar-refractivity contribution >= 4 is 17.3 Å². The quantitative estimate of drug-likeness (QED) is 0.698. The third-order valence-corrected chi connectivity index (χ3v) is 4.24. The summed E-state index contributed by atoms with van der Waals surface area (Å²) in [7, 11) is 1.46. The Morgan fingerprint density at radius 2 is 1.39 bits per heavy atom. The summed E-state index contributed by atoms with van der Waals surface area (Å²) in [6.07, 6.45) is 0. The number of Topliss-reactive ketones (excluding diaryl/α,β-unsaturated/α-hetero) is 1. The van der Waals surface area contributed by atoms with Crippen molar-refractivity contribution in [3.8, 4) is 0 Å². The van der Waals surface area contributed by atoms with Crippen LogP contribution in [-0.4, -0.2) is 30.1 Å². The molecule has 23 heavy (non-hydrogen) atoms. The number of carbonyl (C=O) groups excluding carboxylic acids is 3. The van der Waals surface area contributed by atoms with Crippen molar-refractivity contribution in [2.45, 2.75) is 19.4 Å². The largest absolute Gasteiger partial charge is 0.371 e. The highest BCUT2D eigenvalue weighted by molar-refractivity contribution is 6.28. The molecule has 1 aliphatic carbocycles. The van der Waals surface area contributed by atoms with Gasteiger partial charge in [-0.25, -0.2) is 0 Å². The van der Waals surface area contributed by atoms with E-state index in [2.05, 4.69) is 0 Å². The third kappa shape index (κ3) is 2.32. The number of carbonyl (C=O) groups is 3. The Hall–Kier alpha value is -2.59. The number of hydrogen-bond acceptors (Lipinski definition) is 4. The van der Waals surface area contributed by atoms with Crippen LogP contribution in [0.15, 0.2) is 42.5 Å². The lowest BCUT2D eigenvalue weighted by molar-refractivity contribution is 0.0228. The summed E-state index contributed by atoms with van der Waals surface area (Å²) in [5.74, 6) is -0.665. The monoisotopic (exact) mass is 308 g/mol. The molecule has 1 aliphatic rings. The molecule has 0 spiro atoms. The van der Waals surface area contributed by atoms with Gasteiger partial charge in [-0.2, -0.15) is 0 Å². The lowest BCUT2D eigenvalue weighted by Crippen LogP contribution is -2.34. The number of ether oxygens (including phenoxy) is 1. The molecular formula is C19H16O4. The van der Waals surface area contributed by atoms with E-state index in [1.54, 1.807) is 50.2 Å². The first-order chi connectivity index (χ1) is 10.9. The molecule has 4 heteroatoms. The Morgan fingerprint density at radius 1 is 0.870 bits per heavy atom. The minimum Gasteiger partial charge on any atom is -0.371 e. The van der Waals surface area contributed by atoms with Crippen molar-refractivity contribution < 1.29 is 19.1 Å². The number of benzene rings is 2. The molecule has 0 N–H and O–H groups in total. The zero-order valence-corrected chi connectivity index (χ0v) is 13.2. The second-order valence-electron chi connectivity index (χ2n) is 6.01. The number of methoxy groups -OCH3 is 1. The lowest BCUT2D eigenvalue weighted by atomic mass is 9.82. The fourth-order valence-corrected chi connectivity index (χ4v) is 2.68. The Balaban J connectivity index is 2.13. The van der Waals surface area contributed by atoms with Gasteiger partial charge in [-0.05, 0) is 26.0 Å². The third-order valence-electron chi connectivity index (χ3n) is 4.24. The number of rotatable bonds is 3. The summed E-state index contributed by atoms with van der Waals surface area (Å²) < 4.78 is 5.20. The smallest absolute Gasteiger partial charge is 0.194 e. The highest BCUT2D eigenvalue weighted by atomic mass is 16.5. The average Bonchev–Trinajstić information content (AvgIpc) is 2.58. The first kappa shape index (κ1) is 15.3. The molecule has 0 saturated heterocycles. The van der Waals surface area contributed by atoms with E-state index in [0.29, 0.717) is 22.3 Å². The van der Waals surface area contributed by atoms with Crippen LogP contribution < -0.4 is 0 Å². The van der Waals surface area contributed by atoms with Crippen LogP contribution >= 0.6 is 0 Å². The molecule has 4 nitrogen and oxygen atoms in total. The van der Waals surface area contributed by atoms with Crippen molar-refractivity contribution in [1.82, 2.24) is 0 Å². The average molecular weight is 308 g/mol. The fraction of sp³-hybridized carbons (Fsp3) is 0.211. The second kappa shape index (κ2) is 5.25.